The number of nitrogens with zero attached hydrogens (tertiary/aromatic N) is 3. The van der Waals surface area contributed by atoms with Crippen molar-refractivity contribution in [1.82, 2.24) is 25.3 Å². The van der Waals surface area contributed by atoms with Gasteiger partial charge in [-0.3, -0.25) is 29.5 Å². The highest BCUT2D eigenvalue weighted by molar-refractivity contribution is 5.97. The van der Waals surface area contributed by atoms with Crippen LogP contribution in [0.2, 0.25) is 0 Å². The van der Waals surface area contributed by atoms with Crippen molar-refractivity contribution in [3.8, 4) is 0 Å². The molecule has 14 nitrogen and oxygen atoms in total. The van der Waals surface area contributed by atoms with Crippen LogP contribution in [-0.2, 0) is 20.9 Å². The van der Waals surface area contributed by atoms with Gasteiger partial charge >= 0.3 is 11.9 Å². The average molecular weight is 483 g/mol. The quantitative estimate of drug-likeness (QED) is 0.231. The summed E-state index contributed by atoms with van der Waals surface area (Å²) in [7, 11) is 0. The molecule has 6 N–H and O–H groups in total. The fourth-order valence-electron chi connectivity index (χ4n) is 2.96. The van der Waals surface area contributed by atoms with Gasteiger partial charge in [-0.15, -0.1) is 0 Å². The zero-order valence-corrected chi connectivity index (χ0v) is 18.4. The van der Waals surface area contributed by atoms with Crippen LogP contribution in [0.15, 0.2) is 35.3 Å². The van der Waals surface area contributed by atoms with Gasteiger partial charge in [0.2, 0.25) is 11.9 Å². The molecule has 0 saturated carbocycles. The first-order valence-corrected chi connectivity index (χ1v) is 10.3. The van der Waals surface area contributed by atoms with Crippen molar-refractivity contribution < 1.29 is 29.4 Å². The summed E-state index contributed by atoms with van der Waals surface area (Å²) in [5.41, 5.74) is 0.737. The number of fused-ring (bicyclic) bond motifs is 1. The molecular formula is C21H21N7O7. The van der Waals surface area contributed by atoms with Crippen molar-refractivity contribution in [2.24, 2.45) is 0 Å². The van der Waals surface area contributed by atoms with E-state index in [0.29, 0.717) is 11.4 Å². The summed E-state index contributed by atoms with van der Waals surface area (Å²) in [5.74, 6) is -3.57. The van der Waals surface area contributed by atoms with Gasteiger partial charge in [0.15, 0.2) is 11.2 Å². The van der Waals surface area contributed by atoms with Crippen molar-refractivity contribution in [3.63, 3.8) is 0 Å². The highest BCUT2D eigenvalue weighted by Crippen LogP contribution is 2.12. The second-order valence-electron chi connectivity index (χ2n) is 7.36. The molecule has 1 atom stereocenters. The van der Waals surface area contributed by atoms with Gasteiger partial charge in [-0.05, 0) is 30.7 Å². The van der Waals surface area contributed by atoms with Crippen LogP contribution in [0.4, 0.5) is 11.6 Å². The molecule has 1 aromatic carbocycles. The lowest BCUT2D eigenvalue weighted by atomic mass is 10.1. The molecule has 2 heterocycles. The van der Waals surface area contributed by atoms with E-state index < -0.39 is 41.8 Å². The van der Waals surface area contributed by atoms with E-state index in [1.165, 1.54) is 25.3 Å². The lowest BCUT2D eigenvalue weighted by Crippen LogP contribution is -2.41. The van der Waals surface area contributed by atoms with Crippen molar-refractivity contribution in [3.05, 3.63) is 52.1 Å². The molecule has 0 unspecified atom stereocenters. The van der Waals surface area contributed by atoms with E-state index in [0.717, 1.165) is 0 Å². The Hall–Kier alpha value is -4.88. The number of nitrogens with one attached hydrogen (secondary N) is 4. The van der Waals surface area contributed by atoms with Gasteiger partial charge in [0.1, 0.15) is 6.04 Å². The number of hydrogen-bond donors (Lipinski definition) is 6. The number of aromatic amines is 1. The number of carboxylic acids is 2. The van der Waals surface area contributed by atoms with Crippen LogP contribution >= 0.6 is 0 Å². The maximum atomic E-state index is 12.3. The Balaban J connectivity index is 1.63. The molecular weight excluding hydrogens is 462 g/mol. The van der Waals surface area contributed by atoms with Gasteiger partial charge < -0.3 is 20.8 Å². The van der Waals surface area contributed by atoms with Gasteiger partial charge in [-0.25, -0.2) is 14.8 Å². The molecule has 35 heavy (non-hydrogen) atoms. The van der Waals surface area contributed by atoms with E-state index in [4.69, 9.17) is 10.2 Å². The average Bonchev–Trinajstić information content (AvgIpc) is 2.80. The zero-order valence-electron chi connectivity index (χ0n) is 18.4. The van der Waals surface area contributed by atoms with Gasteiger partial charge in [-0.2, -0.15) is 4.98 Å². The summed E-state index contributed by atoms with van der Waals surface area (Å²) in [4.78, 5) is 72.3. The Morgan fingerprint density at radius 1 is 1.09 bits per heavy atom. The Morgan fingerprint density at radius 2 is 1.80 bits per heavy atom. The maximum Gasteiger partial charge on any atom is 0.326 e. The van der Waals surface area contributed by atoms with E-state index in [9.17, 15) is 24.0 Å². The van der Waals surface area contributed by atoms with Gasteiger partial charge in [0.25, 0.3) is 11.5 Å². The minimum Gasteiger partial charge on any atom is -0.481 e. The lowest BCUT2D eigenvalue weighted by molar-refractivity contribution is -0.140. The Bertz CT molecular complexity index is 1340. The van der Waals surface area contributed by atoms with Crippen LogP contribution in [0.3, 0.4) is 0 Å². The fraction of sp³-hybridized carbons (Fsp3) is 0.238. The number of aliphatic carboxylic acids is 2. The molecule has 0 aliphatic rings. The summed E-state index contributed by atoms with van der Waals surface area (Å²) in [6, 6.07) is 4.79. The third-order valence-electron chi connectivity index (χ3n) is 4.63. The molecule has 182 valence electrons. The van der Waals surface area contributed by atoms with Gasteiger partial charge in [0, 0.05) is 24.6 Å². The Kier molecular flexibility index (Phi) is 7.66. The minimum absolute atomic E-state index is 0.00121. The van der Waals surface area contributed by atoms with E-state index in [1.54, 1.807) is 12.1 Å². The van der Waals surface area contributed by atoms with Gasteiger partial charge in [-0.1, -0.05) is 0 Å². The number of carboxylic acid groups (broad SMARTS) is 2. The number of rotatable bonds is 10. The minimum atomic E-state index is -1.32. The van der Waals surface area contributed by atoms with Gasteiger partial charge in [0.05, 0.1) is 18.4 Å². The zero-order chi connectivity index (χ0) is 25.5. The predicted molar refractivity (Wildman–Crippen MR) is 122 cm³/mol. The summed E-state index contributed by atoms with van der Waals surface area (Å²) < 4.78 is 0. The van der Waals surface area contributed by atoms with Crippen LogP contribution in [0.1, 0.15) is 35.8 Å². The molecule has 0 spiro atoms. The van der Waals surface area contributed by atoms with Crippen molar-refractivity contribution in [2.75, 3.05) is 10.6 Å². The van der Waals surface area contributed by atoms with Crippen LogP contribution in [-0.4, -0.2) is 59.9 Å². The van der Waals surface area contributed by atoms with E-state index in [2.05, 4.69) is 35.9 Å². The molecule has 14 heteroatoms. The third-order valence-corrected chi connectivity index (χ3v) is 4.63. The highest BCUT2D eigenvalue weighted by Gasteiger charge is 2.21. The number of H-pyrrole nitrogens is 1. The molecule has 0 radical (unpaired) electrons. The monoisotopic (exact) mass is 483 g/mol. The molecule has 3 aromatic rings. The SMILES string of the molecule is CC(=O)Nc1nc2ncc(CNc3ccc(C(=O)N[C@@H](CCC(=O)O)C(=O)O)cc3)nc2c(=O)[nH]1. The van der Waals surface area contributed by atoms with Crippen LogP contribution in [0.5, 0.6) is 0 Å². The molecule has 0 bridgehead atoms. The van der Waals surface area contributed by atoms with E-state index >= 15 is 0 Å². The molecule has 0 saturated heterocycles. The summed E-state index contributed by atoms with van der Waals surface area (Å²) in [6.45, 7) is 1.47. The normalized spacial score (nSPS) is 11.5. The van der Waals surface area contributed by atoms with E-state index in [-0.39, 0.29) is 35.6 Å². The van der Waals surface area contributed by atoms with Crippen LogP contribution in [0, 0.1) is 0 Å². The standard InChI is InChI=1S/C21H21N7O7/c1-10(29)24-21-27-17-16(19(33)28-21)25-13(9-23-17)8-22-12-4-2-11(3-5-12)18(32)26-14(20(34)35)6-7-15(30)31/h2-5,9,14,22H,6-8H2,1H3,(H,26,32)(H,30,31)(H,34,35)(H2,23,24,27,28,29,33)/t14-/m0/s1. The molecule has 2 aromatic heterocycles. The van der Waals surface area contributed by atoms with Crippen molar-refractivity contribution in [2.45, 2.75) is 32.4 Å². The fourth-order valence-corrected chi connectivity index (χ4v) is 2.96. The van der Waals surface area contributed by atoms with E-state index in [1.807, 2.05) is 0 Å². The Morgan fingerprint density at radius 3 is 2.43 bits per heavy atom. The highest BCUT2D eigenvalue weighted by atomic mass is 16.4. The smallest absolute Gasteiger partial charge is 0.326 e. The first kappa shape index (κ1) is 24.8. The summed E-state index contributed by atoms with van der Waals surface area (Å²) in [6.07, 6.45) is 0.788. The van der Waals surface area contributed by atoms with Crippen LogP contribution in [0.25, 0.3) is 11.2 Å². The van der Waals surface area contributed by atoms with Crippen LogP contribution < -0.4 is 21.5 Å². The summed E-state index contributed by atoms with van der Waals surface area (Å²) in [5, 5.41) is 25.6. The largest absolute Gasteiger partial charge is 0.481 e. The molecule has 0 aliphatic carbocycles. The molecule has 0 fully saturated rings. The number of anilines is 2. The molecule has 3 rings (SSSR count). The second-order valence-corrected chi connectivity index (χ2v) is 7.36. The summed E-state index contributed by atoms with van der Waals surface area (Å²) >= 11 is 0. The Labute approximate surface area is 196 Å². The number of benzene rings is 1. The maximum absolute atomic E-state index is 12.3. The molecule has 2 amide bonds. The number of hydrogen-bond acceptors (Lipinski definition) is 9. The number of carbonyl (C=O) groups excluding carboxylic acids is 2. The van der Waals surface area contributed by atoms with Crippen molar-refractivity contribution >= 4 is 46.6 Å². The first-order valence-electron chi connectivity index (χ1n) is 10.3. The van der Waals surface area contributed by atoms with Crippen molar-refractivity contribution in [1.29, 1.82) is 0 Å². The lowest BCUT2D eigenvalue weighted by Gasteiger charge is -2.14. The number of amides is 2. The number of carbonyl (C=O) groups is 4. The third kappa shape index (κ3) is 6.80. The predicted octanol–water partition coefficient (Wildman–Crippen LogP) is 0.331. The molecule has 0 aliphatic heterocycles. The topological polar surface area (TPSA) is 216 Å². The second kappa shape index (κ2) is 10.8. The number of aromatic nitrogens is 4. The first-order chi connectivity index (χ1) is 16.6.